The second-order valence-electron chi connectivity index (χ2n) is 8.09. The van der Waals surface area contributed by atoms with E-state index >= 15 is 0 Å². The Kier molecular flexibility index (Phi) is 6.89. The topological polar surface area (TPSA) is 124 Å². The number of benzene rings is 1. The minimum Gasteiger partial charge on any atom is -0.432 e. The maximum atomic E-state index is 13.4. The summed E-state index contributed by atoms with van der Waals surface area (Å²) in [4.78, 5) is 44.0. The fourth-order valence-corrected chi connectivity index (χ4v) is 3.83. The number of hydrogen-bond acceptors (Lipinski definition) is 7. The zero-order valence-electron chi connectivity index (χ0n) is 18.5. The van der Waals surface area contributed by atoms with Gasteiger partial charge in [0.15, 0.2) is 0 Å². The number of amides is 3. The standard InChI is InChI=1S/C21H23ClFN5O6/c1-11(2)33-21(31)32-10-13-8-28-18(19(29)26-34-13)14-9-27(6-5-17(14)25-28)20(30)24-12-3-4-16(23)15(22)7-12/h3-4,7,11,13H,5-6,8-10H2,1-2H3,(H,24,30)(H,26,29). The van der Waals surface area contributed by atoms with Crippen LogP contribution in [-0.4, -0.2) is 58.1 Å². The first-order valence-corrected chi connectivity index (χ1v) is 11.0. The van der Waals surface area contributed by atoms with E-state index in [1.165, 1.54) is 21.7 Å². The summed E-state index contributed by atoms with van der Waals surface area (Å²) in [6.45, 7) is 3.91. The van der Waals surface area contributed by atoms with Crippen LogP contribution < -0.4 is 10.8 Å². The van der Waals surface area contributed by atoms with Gasteiger partial charge in [0.25, 0.3) is 5.91 Å². The number of hydroxylamine groups is 1. The molecule has 2 N–H and O–H groups in total. The summed E-state index contributed by atoms with van der Waals surface area (Å²) in [5.41, 5.74) is 4.25. The molecule has 2 aromatic rings. The fourth-order valence-electron chi connectivity index (χ4n) is 3.65. The van der Waals surface area contributed by atoms with Crippen LogP contribution in [0.5, 0.6) is 0 Å². The molecule has 0 fully saturated rings. The SMILES string of the molecule is CC(C)OC(=O)OCC1Cn2nc3c(c2C(=O)NO1)CN(C(=O)Nc1ccc(F)c(Cl)c1)CC3. The van der Waals surface area contributed by atoms with Gasteiger partial charge in [-0.05, 0) is 32.0 Å². The largest absolute Gasteiger partial charge is 0.508 e. The number of carbonyl (C=O) groups is 3. The lowest BCUT2D eigenvalue weighted by atomic mass is 10.1. The normalized spacial score (nSPS) is 17.4. The van der Waals surface area contributed by atoms with Crippen LogP contribution in [-0.2, 0) is 33.8 Å². The van der Waals surface area contributed by atoms with E-state index in [4.69, 9.17) is 25.9 Å². The third kappa shape index (κ3) is 5.23. The van der Waals surface area contributed by atoms with E-state index in [1.807, 2.05) is 0 Å². The van der Waals surface area contributed by atoms with Gasteiger partial charge in [-0.2, -0.15) is 5.10 Å². The van der Waals surface area contributed by atoms with Crippen molar-refractivity contribution in [2.75, 3.05) is 18.5 Å². The summed E-state index contributed by atoms with van der Waals surface area (Å²) in [5.74, 6) is -1.10. The average molecular weight is 496 g/mol. The maximum Gasteiger partial charge on any atom is 0.508 e. The van der Waals surface area contributed by atoms with Crippen LogP contribution in [0, 0.1) is 5.82 Å². The Morgan fingerprint density at radius 3 is 2.94 bits per heavy atom. The molecule has 2 aliphatic rings. The molecule has 182 valence electrons. The molecular formula is C21H23ClFN5O6. The number of anilines is 1. The summed E-state index contributed by atoms with van der Waals surface area (Å²) in [6, 6.07) is 3.47. The molecular weight excluding hydrogens is 473 g/mol. The number of nitrogens with zero attached hydrogens (tertiary/aromatic N) is 3. The molecule has 34 heavy (non-hydrogen) atoms. The Hall–Kier alpha value is -3.38. The first-order valence-electron chi connectivity index (χ1n) is 10.6. The smallest absolute Gasteiger partial charge is 0.432 e. The second kappa shape index (κ2) is 9.85. The van der Waals surface area contributed by atoms with Gasteiger partial charge in [-0.25, -0.2) is 19.5 Å². The first-order chi connectivity index (χ1) is 16.2. The lowest BCUT2D eigenvalue weighted by Gasteiger charge is -2.27. The van der Waals surface area contributed by atoms with Crippen molar-refractivity contribution in [3.63, 3.8) is 0 Å². The van der Waals surface area contributed by atoms with Crippen LogP contribution in [0.3, 0.4) is 0 Å². The van der Waals surface area contributed by atoms with Gasteiger partial charge < -0.3 is 19.7 Å². The number of nitrogens with one attached hydrogen (secondary N) is 2. The van der Waals surface area contributed by atoms with Gasteiger partial charge in [-0.1, -0.05) is 11.6 Å². The van der Waals surface area contributed by atoms with Crippen molar-refractivity contribution in [2.45, 2.75) is 45.6 Å². The lowest BCUT2D eigenvalue weighted by molar-refractivity contribution is -0.0579. The molecule has 0 spiro atoms. The highest BCUT2D eigenvalue weighted by Crippen LogP contribution is 2.26. The number of fused-ring (bicyclic) bond motifs is 3. The number of rotatable bonds is 4. The Bertz CT molecular complexity index is 1120. The van der Waals surface area contributed by atoms with Crippen molar-refractivity contribution in [2.24, 2.45) is 0 Å². The zero-order chi connectivity index (χ0) is 24.4. The lowest BCUT2D eigenvalue weighted by Crippen LogP contribution is -2.39. The number of urea groups is 1. The fraction of sp³-hybridized carbons (Fsp3) is 0.429. The van der Waals surface area contributed by atoms with E-state index in [9.17, 15) is 18.8 Å². The quantitative estimate of drug-likeness (QED) is 0.625. The first kappa shape index (κ1) is 23.8. The zero-order valence-corrected chi connectivity index (χ0v) is 19.2. The second-order valence-corrected chi connectivity index (χ2v) is 8.49. The van der Waals surface area contributed by atoms with Crippen molar-refractivity contribution >= 4 is 35.4 Å². The van der Waals surface area contributed by atoms with Crippen LogP contribution in [0.2, 0.25) is 5.02 Å². The number of carbonyl (C=O) groups excluding carboxylic acids is 3. The van der Waals surface area contributed by atoms with Crippen molar-refractivity contribution in [1.29, 1.82) is 0 Å². The minimum atomic E-state index is -0.835. The number of halogens is 2. The van der Waals surface area contributed by atoms with E-state index in [-0.39, 0.29) is 36.5 Å². The number of ether oxygens (including phenoxy) is 2. The van der Waals surface area contributed by atoms with Crippen LogP contribution in [0.4, 0.5) is 19.7 Å². The van der Waals surface area contributed by atoms with Crippen LogP contribution in [0.25, 0.3) is 0 Å². The molecule has 13 heteroatoms. The van der Waals surface area contributed by atoms with E-state index in [1.54, 1.807) is 13.8 Å². The predicted molar refractivity (Wildman–Crippen MR) is 117 cm³/mol. The highest BCUT2D eigenvalue weighted by atomic mass is 35.5. The van der Waals surface area contributed by atoms with Crippen LogP contribution >= 0.6 is 11.6 Å². The van der Waals surface area contributed by atoms with Crippen molar-refractivity contribution in [3.05, 3.63) is 46.0 Å². The van der Waals surface area contributed by atoms with Gasteiger partial charge in [0, 0.05) is 24.2 Å². The molecule has 0 bridgehead atoms. The molecule has 11 nitrogen and oxygen atoms in total. The summed E-state index contributed by atoms with van der Waals surface area (Å²) in [7, 11) is 0. The van der Waals surface area contributed by atoms with E-state index < -0.39 is 30.0 Å². The van der Waals surface area contributed by atoms with E-state index in [0.717, 1.165) is 6.07 Å². The summed E-state index contributed by atoms with van der Waals surface area (Å²) < 4.78 is 24.8. The van der Waals surface area contributed by atoms with Gasteiger partial charge in [0.05, 0.1) is 29.9 Å². The van der Waals surface area contributed by atoms with Gasteiger partial charge in [-0.3, -0.25) is 14.3 Å². The summed E-state index contributed by atoms with van der Waals surface area (Å²) in [6.07, 6.45) is -1.41. The third-order valence-electron chi connectivity index (χ3n) is 5.19. The average Bonchev–Trinajstić information content (AvgIpc) is 3.06. The van der Waals surface area contributed by atoms with Crippen molar-refractivity contribution in [3.8, 4) is 0 Å². The molecule has 1 atom stereocenters. The molecule has 4 rings (SSSR count). The van der Waals surface area contributed by atoms with Gasteiger partial charge >= 0.3 is 12.2 Å². The maximum absolute atomic E-state index is 13.4. The molecule has 3 heterocycles. The highest BCUT2D eigenvalue weighted by Gasteiger charge is 2.33. The Morgan fingerprint density at radius 1 is 1.41 bits per heavy atom. The molecule has 3 amide bonds. The molecule has 0 saturated carbocycles. The Labute approximate surface area is 199 Å². The van der Waals surface area contributed by atoms with Crippen molar-refractivity contribution in [1.82, 2.24) is 20.2 Å². The molecule has 1 unspecified atom stereocenters. The Morgan fingerprint density at radius 2 is 2.21 bits per heavy atom. The van der Waals surface area contributed by atoms with E-state index in [2.05, 4.69) is 15.9 Å². The van der Waals surface area contributed by atoms with Gasteiger partial charge in [0.1, 0.15) is 24.2 Å². The highest BCUT2D eigenvalue weighted by molar-refractivity contribution is 6.31. The number of aromatic nitrogens is 2. The van der Waals surface area contributed by atoms with Crippen LogP contribution in [0.1, 0.15) is 35.6 Å². The number of hydrogen-bond donors (Lipinski definition) is 2. The van der Waals surface area contributed by atoms with Crippen molar-refractivity contribution < 1.29 is 33.1 Å². The molecule has 1 aromatic heterocycles. The minimum absolute atomic E-state index is 0.103. The predicted octanol–water partition coefficient (Wildman–Crippen LogP) is 2.87. The molecule has 0 saturated heterocycles. The van der Waals surface area contributed by atoms with Gasteiger partial charge in [0.2, 0.25) is 0 Å². The third-order valence-corrected chi connectivity index (χ3v) is 5.48. The molecule has 1 aromatic carbocycles. The van der Waals surface area contributed by atoms with Crippen LogP contribution in [0.15, 0.2) is 18.2 Å². The molecule has 0 radical (unpaired) electrons. The molecule has 0 aliphatic carbocycles. The molecule has 2 aliphatic heterocycles. The van der Waals surface area contributed by atoms with E-state index in [0.29, 0.717) is 29.9 Å². The summed E-state index contributed by atoms with van der Waals surface area (Å²) in [5, 5.41) is 7.09. The Balaban J connectivity index is 1.45. The monoisotopic (exact) mass is 495 g/mol. The summed E-state index contributed by atoms with van der Waals surface area (Å²) >= 11 is 5.78. The van der Waals surface area contributed by atoms with Gasteiger partial charge in [-0.15, -0.1) is 0 Å².